The minimum atomic E-state index is -0.276. The van der Waals surface area contributed by atoms with E-state index in [0.717, 1.165) is 60.2 Å². The van der Waals surface area contributed by atoms with Gasteiger partial charge in [-0.3, -0.25) is 0 Å². The molecule has 0 aliphatic carbocycles. The molecule has 3 heterocycles. The van der Waals surface area contributed by atoms with Crippen molar-refractivity contribution in [2.75, 3.05) is 0 Å². The van der Waals surface area contributed by atoms with Gasteiger partial charge in [0.15, 0.2) is 17.5 Å². The molecule has 0 radical (unpaired) electrons. The number of para-hydroxylation sites is 2. The van der Waals surface area contributed by atoms with Crippen LogP contribution in [0, 0.1) is 0 Å². The molecule has 11 aromatic rings. The highest BCUT2D eigenvalue weighted by molar-refractivity contribution is 7.25. The van der Waals surface area contributed by atoms with Gasteiger partial charge in [-0.1, -0.05) is 152 Å². The zero-order chi connectivity index (χ0) is 40.5. The summed E-state index contributed by atoms with van der Waals surface area (Å²) in [5, 5.41) is 3.66. The van der Waals surface area contributed by atoms with Crippen LogP contribution in [0.2, 0.25) is 0 Å². The number of rotatable bonds is 6. The molecule has 0 N–H and O–H groups in total. The van der Waals surface area contributed by atoms with E-state index in [1.165, 1.54) is 15.5 Å². The maximum absolute atomic E-state index is 9.18. The van der Waals surface area contributed by atoms with E-state index in [2.05, 4.69) is 78.9 Å². The molecule has 0 fully saturated rings. The fourth-order valence-corrected chi connectivity index (χ4v) is 8.85. The van der Waals surface area contributed by atoms with E-state index in [1.54, 1.807) is 11.3 Å². The van der Waals surface area contributed by atoms with E-state index in [1.807, 2.05) is 95.6 Å². The van der Waals surface area contributed by atoms with Gasteiger partial charge >= 0.3 is 0 Å². The first-order valence-electron chi connectivity index (χ1n) is 20.4. The van der Waals surface area contributed by atoms with Gasteiger partial charge in [0, 0.05) is 58.9 Å². The van der Waals surface area contributed by atoms with Crippen LogP contribution in [0.25, 0.3) is 104 Å². The van der Waals surface area contributed by atoms with E-state index in [4.69, 9.17) is 19.1 Å². The number of fused-ring (bicyclic) bond motifs is 6. The molecule has 0 atom stereocenters. The Kier molecular flexibility index (Phi) is 6.70. The van der Waals surface area contributed by atoms with Gasteiger partial charge < -0.3 is 4.57 Å². The third-order valence-electron chi connectivity index (χ3n) is 10.4. The van der Waals surface area contributed by atoms with E-state index in [9.17, 15) is 1.37 Å². The van der Waals surface area contributed by atoms with E-state index in [-0.39, 0.29) is 24.2 Å². The van der Waals surface area contributed by atoms with Gasteiger partial charge in [0.05, 0.1) is 16.5 Å². The molecule has 0 saturated carbocycles. The number of nitrogens with zero attached hydrogens (tertiary/aromatic N) is 4. The molecule has 0 unspecified atom stereocenters. The molecule has 0 saturated heterocycles. The molecule has 0 amide bonds. The second-order valence-corrected chi connectivity index (χ2v) is 14.8. The molecule has 8 aromatic carbocycles. The number of aromatic nitrogens is 4. The van der Waals surface area contributed by atoms with Crippen LogP contribution in [0.4, 0.5) is 0 Å². The minimum absolute atomic E-state index is 0.0667. The van der Waals surface area contributed by atoms with Crippen molar-refractivity contribution in [1.29, 1.82) is 0 Å². The number of hydrogen-bond donors (Lipinski definition) is 0. The Morgan fingerprint density at radius 1 is 0.411 bits per heavy atom. The second-order valence-electron chi connectivity index (χ2n) is 13.7. The van der Waals surface area contributed by atoms with Crippen LogP contribution in [0.15, 0.2) is 194 Å². The van der Waals surface area contributed by atoms with Crippen LogP contribution in [-0.2, 0) is 0 Å². The van der Waals surface area contributed by atoms with Gasteiger partial charge in [-0.05, 0) is 59.1 Å². The minimum Gasteiger partial charge on any atom is -0.309 e. The lowest BCUT2D eigenvalue weighted by molar-refractivity contribution is 1.07. The standard InChI is InChI=1S/C51H32N4S/c1-3-12-33(13-4-1)34-22-24-35(25-23-34)40-18-11-19-44-41-16-7-9-20-45(41)55(48(40)44)39-29-26-37(27-30-39)50-52-49(36-14-5-2-6-15-36)53-51(54-50)38-28-31-43-42-17-8-10-21-46(42)56-47(43)32-38/h1-32H/i7D,9D,16D,20D. The van der Waals surface area contributed by atoms with Crippen molar-refractivity contribution >= 4 is 53.3 Å². The molecule has 4 nitrogen and oxygen atoms in total. The highest BCUT2D eigenvalue weighted by Gasteiger charge is 2.18. The third kappa shape index (κ3) is 5.48. The molecule has 11 rings (SSSR count). The summed E-state index contributed by atoms with van der Waals surface area (Å²) in [5.41, 5.74) is 8.62. The number of thiophene rings is 1. The highest BCUT2D eigenvalue weighted by Crippen LogP contribution is 2.40. The zero-order valence-electron chi connectivity index (χ0n) is 33.9. The van der Waals surface area contributed by atoms with Crippen LogP contribution in [0.5, 0.6) is 0 Å². The lowest BCUT2D eigenvalue weighted by Crippen LogP contribution is -2.00. The summed E-state index contributed by atoms with van der Waals surface area (Å²) < 4.78 is 39.9. The monoisotopic (exact) mass is 736 g/mol. The Bertz CT molecular complexity index is 3460. The third-order valence-corrected chi connectivity index (χ3v) is 11.5. The Morgan fingerprint density at radius 2 is 0.964 bits per heavy atom. The topological polar surface area (TPSA) is 43.6 Å². The number of benzene rings is 8. The average Bonchev–Trinajstić information content (AvgIpc) is 3.87. The summed E-state index contributed by atoms with van der Waals surface area (Å²) in [4.78, 5) is 15.0. The van der Waals surface area contributed by atoms with Gasteiger partial charge in [0.1, 0.15) is 0 Å². The molecule has 3 aromatic heterocycles. The maximum atomic E-state index is 9.18. The smallest absolute Gasteiger partial charge is 0.164 e. The quantitative estimate of drug-likeness (QED) is 0.171. The second kappa shape index (κ2) is 13.3. The van der Waals surface area contributed by atoms with Gasteiger partial charge in [-0.25, -0.2) is 15.0 Å². The number of hydrogen-bond acceptors (Lipinski definition) is 4. The molecule has 262 valence electrons. The molecule has 0 aliphatic rings. The van der Waals surface area contributed by atoms with E-state index in [0.29, 0.717) is 28.4 Å². The van der Waals surface area contributed by atoms with E-state index >= 15 is 0 Å². The highest BCUT2D eigenvalue weighted by atomic mass is 32.1. The average molecular weight is 737 g/mol. The predicted molar refractivity (Wildman–Crippen MR) is 234 cm³/mol. The van der Waals surface area contributed by atoms with Gasteiger partial charge in [-0.2, -0.15) is 0 Å². The summed E-state index contributed by atoms with van der Waals surface area (Å²) in [6.07, 6.45) is 0. The molecular weight excluding hydrogens is 701 g/mol. The van der Waals surface area contributed by atoms with E-state index < -0.39 is 0 Å². The SMILES string of the molecule is [2H]c1c([2H])c([2H])c2c(c1[2H])c1cccc(-c3ccc(-c4ccccc4)cc3)c1n2-c1ccc(-c2nc(-c3ccccc3)nc(-c3ccc4c(c3)sc3ccccc34)n2)cc1. The van der Waals surface area contributed by atoms with Crippen LogP contribution >= 0.6 is 11.3 Å². The van der Waals surface area contributed by atoms with Crippen LogP contribution in [-0.4, -0.2) is 19.5 Å². The summed E-state index contributed by atoms with van der Waals surface area (Å²) in [6, 6.07) is 56.5. The largest absolute Gasteiger partial charge is 0.309 e. The van der Waals surface area contributed by atoms with Crippen molar-refractivity contribution < 1.29 is 5.48 Å². The molecule has 56 heavy (non-hydrogen) atoms. The fraction of sp³-hybridized carbons (Fsp3) is 0. The van der Waals surface area contributed by atoms with Crippen molar-refractivity contribution in [2.24, 2.45) is 0 Å². The van der Waals surface area contributed by atoms with Crippen LogP contribution in [0.1, 0.15) is 5.48 Å². The summed E-state index contributed by atoms with van der Waals surface area (Å²) in [7, 11) is 0. The van der Waals surface area contributed by atoms with Crippen LogP contribution in [0.3, 0.4) is 0 Å². The van der Waals surface area contributed by atoms with Crippen molar-refractivity contribution in [3.05, 3.63) is 194 Å². The fourth-order valence-electron chi connectivity index (χ4n) is 7.71. The molecular formula is C51H32N4S. The Balaban J connectivity index is 1.08. The lowest BCUT2D eigenvalue weighted by Gasteiger charge is -2.13. The first kappa shape index (κ1) is 28.3. The van der Waals surface area contributed by atoms with Gasteiger partial charge in [-0.15, -0.1) is 11.3 Å². The summed E-state index contributed by atoms with van der Waals surface area (Å²) >= 11 is 1.76. The Labute approximate surface area is 333 Å². The Morgan fingerprint density at radius 3 is 1.73 bits per heavy atom. The molecule has 0 spiro atoms. The normalized spacial score (nSPS) is 12.6. The van der Waals surface area contributed by atoms with Crippen LogP contribution < -0.4 is 0 Å². The first-order chi connectivity index (χ1) is 29.4. The maximum Gasteiger partial charge on any atom is 0.164 e. The van der Waals surface area contributed by atoms with Crippen molar-refractivity contribution in [3.63, 3.8) is 0 Å². The van der Waals surface area contributed by atoms with Gasteiger partial charge in [0.25, 0.3) is 0 Å². The van der Waals surface area contributed by atoms with Crippen molar-refractivity contribution in [2.45, 2.75) is 0 Å². The molecule has 5 heteroatoms. The predicted octanol–water partition coefficient (Wildman–Crippen LogP) is 13.7. The zero-order valence-corrected chi connectivity index (χ0v) is 30.7. The van der Waals surface area contributed by atoms with Crippen molar-refractivity contribution in [3.8, 4) is 62.1 Å². The Hall–Kier alpha value is -7.21. The first-order valence-corrected chi connectivity index (χ1v) is 19.3. The molecule has 0 bridgehead atoms. The molecule has 0 aliphatic heterocycles. The summed E-state index contributed by atoms with van der Waals surface area (Å²) in [5.74, 6) is 1.66. The van der Waals surface area contributed by atoms with Gasteiger partial charge in [0.2, 0.25) is 0 Å². The summed E-state index contributed by atoms with van der Waals surface area (Å²) in [6.45, 7) is 0. The lowest BCUT2D eigenvalue weighted by atomic mass is 9.98. The van der Waals surface area contributed by atoms with Crippen molar-refractivity contribution in [1.82, 2.24) is 19.5 Å².